The second-order valence-electron chi connectivity index (χ2n) is 16.1. The van der Waals surface area contributed by atoms with Gasteiger partial charge in [-0.1, -0.05) is 109 Å². The number of nitriles is 2. The van der Waals surface area contributed by atoms with Crippen LogP contribution >= 0.6 is 7.82 Å². The molecule has 1 unspecified atom stereocenters. The molecule has 2 aliphatic rings. The van der Waals surface area contributed by atoms with Gasteiger partial charge in [0, 0.05) is 19.7 Å². The Hall–Kier alpha value is -3.70. The van der Waals surface area contributed by atoms with Crippen molar-refractivity contribution >= 4 is 19.2 Å². The fraction of sp³-hybridized carbons (Fsp3) is 0.698. The number of phosphoric ester groups is 1. The molecule has 330 valence electrons. The molecule has 0 radical (unpaired) electrons. The fourth-order valence-electron chi connectivity index (χ4n) is 7.75. The highest BCUT2D eigenvalue weighted by atomic mass is 31.2. The first-order chi connectivity index (χ1) is 29.0. The number of hydrogen-bond acceptors (Lipinski definition) is 14. The van der Waals surface area contributed by atoms with Crippen molar-refractivity contribution < 1.29 is 42.2 Å². The van der Waals surface area contributed by atoms with E-state index in [0.29, 0.717) is 23.6 Å². The number of aromatic nitrogens is 4. The van der Waals surface area contributed by atoms with Crippen LogP contribution in [-0.4, -0.2) is 87.7 Å². The predicted molar refractivity (Wildman–Crippen MR) is 224 cm³/mol. The van der Waals surface area contributed by atoms with Crippen LogP contribution < -0.4 is 10.1 Å². The van der Waals surface area contributed by atoms with Gasteiger partial charge in [-0.15, -0.1) is 0 Å². The number of anilines is 1. The summed E-state index contributed by atoms with van der Waals surface area (Å²) in [6.45, 7) is 5.09. The predicted octanol–water partition coefficient (Wildman–Crippen LogP) is 8.75. The minimum Gasteiger partial charge on any atom is -0.469 e. The van der Waals surface area contributed by atoms with Crippen LogP contribution in [0.2, 0.25) is 0 Å². The van der Waals surface area contributed by atoms with Crippen LogP contribution in [0.15, 0.2) is 36.7 Å². The van der Waals surface area contributed by atoms with Crippen LogP contribution in [0.3, 0.4) is 0 Å². The normalized spacial score (nSPS) is 22.2. The van der Waals surface area contributed by atoms with Gasteiger partial charge < -0.3 is 33.9 Å². The number of rotatable bonds is 29. The highest BCUT2D eigenvalue weighted by molar-refractivity contribution is 7.47. The molecule has 3 aromatic heterocycles. The number of pyridine rings is 1. The number of ether oxygens (including phenoxy) is 5. The van der Waals surface area contributed by atoms with Crippen LogP contribution in [0.1, 0.15) is 141 Å². The molecular formula is C43H64N7O9P. The third kappa shape index (κ3) is 13.7. The number of unbranched alkanes of at least 4 members (excludes halogenated alkanes) is 15. The van der Waals surface area contributed by atoms with Crippen LogP contribution in [0, 0.1) is 22.7 Å². The van der Waals surface area contributed by atoms with Gasteiger partial charge in [0.25, 0.3) is 0 Å². The van der Waals surface area contributed by atoms with Crippen LogP contribution in [-0.2, 0) is 32.6 Å². The maximum atomic E-state index is 13.4. The zero-order valence-electron chi connectivity index (χ0n) is 35.8. The molecule has 0 aliphatic carbocycles. The molecule has 3 aromatic rings. The van der Waals surface area contributed by atoms with Crippen molar-refractivity contribution in [2.24, 2.45) is 0 Å². The molecule has 0 aromatic carbocycles. The molecule has 17 heteroatoms. The molecule has 16 nitrogen and oxygen atoms in total. The van der Waals surface area contributed by atoms with Gasteiger partial charge >= 0.3 is 7.82 Å². The standard InChI is InChI=1S/C43H64N7O9P/c1-5-6-7-8-9-10-11-12-13-14-15-16-17-18-19-20-26-53-28-34(56-37-23-21-22-33(27-44)49-37)29-54-60(51,52)55-31-43(30-45)40-39(57-42(2,3)59-40)38(58-43)35-24-25-36-41(46-4)47-32-48-50(35)36/h21-25,32,34,38-40H,5-20,26,28-29,31H2,1-4H3,(H,51,52)(H,46,47,48)/t34-,38+,39+,40+,43-/m1/s1. The Balaban J connectivity index is 1.08. The smallest absolute Gasteiger partial charge is 0.469 e. The number of hydrogen-bond donors (Lipinski definition) is 2. The topological polar surface area (TPSA) is 205 Å². The molecule has 2 N–H and O–H groups in total. The Morgan fingerprint density at radius 1 is 0.900 bits per heavy atom. The van der Waals surface area contributed by atoms with Crippen molar-refractivity contribution in [2.45, 2.75) is 159 Å². The maximum absolute atomic E-state index is 13.4. The largest absolute Gasteiger partial charge is 0.472 e. The van der Waals surface area contributed by atoms with E-state index in [4.69, 9.17) is 32.7 Å². The second-order valence-corrected chi connectivity index (χ2v) is 17.6. The Morgan fingerprint density at radius 3 is 2.20 bits per heavy atom. The van der Waals surface area contributed by atoms with Gasteiger partial charge in [0.05, 0.1) is 18.9 Å². The average molecular weight is 854 g/mol. The van der Waals surface area contributed by atoms with E-state index in [1.807, 2.05) is 12.1 Å². The zero-order chi connectivity index (χ0) is 42.9. The molecular weight excluding hydrogens is 789 g/mol. The van der Waals surface area contributed by atoms with Crippen LogP contribution in [0.4, 0.5) is 5.82 Å². The molecule has 0 saturated carbocycles. The van der Waals surface area contributed by atoms with E-state index in [1.165, 1.54) is 89.8 Å². The Bertz CT molecular complexity index is 1900. The first-order valence-electron chi connectivity index (χ1n) is 21.7. The average Bonchev–Trinajstić information content (AvgIpc) is 3.91. The first-order valence-corrected chi connectivity index (χ1v) is 23.2. The summed E-state index contributed by atoms with van der Waals surface area (Å²) in [6.07, 6.45) is 18.3. The molecule has 2 aliphatic heterocycles. The molecule has 0 bridgehead atoms. The number of phosphoric acid groups is 1. The quantitative estimate of drug-likeness (QED) is 0.0495. The van der Waals surface area contributed by atoms with Gasteiger partial charge in [-0.25, -0.2) is 19.0 Å². The summed E-state index contributed by atoms with van der Waals surface area (Å²) < 4.78 is 56.5. The summed E-state index contributed by atoms with van der Waals surface area (Å²) in [6, 6.07) is 12.5. The van der Waals surface area contributed by atoms with Gasteiger partial charge in [-0.05, 0) is 38.5 Å². The number of nitrogens with zero attached hydrogens (tertiary/aromatic N) is 6. The van der Waals surface area contributed by atoms with E-state index in [2.05, 4.69) is 33.4 Å². The lowest BCUT2D eigenvalue weighted by molar-refractivity contribution is -0.204. The van der Waals surface area contributed by atoms with Crippen molar-refractivity contribution in [3.63, 3.8) is 0 Å². The van der Waals surface area contributed by atoms with E-state index in [0.717, 1.165) is 19.3 Å². The van der Waals surface area contributed by atoms with Crippen molar-refractivity contribution in [1.82, 2.24) is 19.6 Å². The number of fused-ring (bicyclic) bond motifs is 2. The minimum absolute atomic E-state index is 0.0260. The minimum atomic E-state index is -4.82. The lowest BCUT2D eigenvalue weighted by Crippen LogP contribution is -2.45. The number of nitrogens with one attached hydrogen (secondary N) is 1. The molecule has 5 rings (SSSR count). The molecule has 0 amide bonds. The summed E-state index contributed by atoms with van der Waals surface area (Å²) in [5.41, 5.74) is -0.472. The van der Waals surface area contributed by atoms with Crippen molar-refractivity contribution in [2.75, 3.05) is 38.8 Å². The van der Waals surface area contributed by atoms with E-state index >= 15 is 0 Å². The molecule has 60 heavy (non-hydrogen) atoms. The highest BCUT2D eigenvalue weighted by Gasteiger charge is 2.65. The first kappa shape index (κ1) is 47.4. The van der Waals surface area contributed by atoms with Gasteiger partial charge in [0.15, 0.2) is 11.6 Å². The van der Waals surface area contributed by atoms with Crippen molar-refractivity contribution in [3.8, 4) is 18.0 Å². The highest BCUT2D eigenvalue weighted by Crippen LogP contribution is 2.52. The molecule has 5 heterocycles. The van der Waals surface area contributed by atoms with Gasteiger partial charge in [0.1, 0.15) is 60.7 Å². The Morgan fingerprint density at radius 2 is 1.57 bits per heavy atom. The zero-order valence-corrected chi connectivity index (χ0v) is 36.7. The molecule has 2 saturated heterocycles. The fourth-order valence-corrected chi connectivity index (χ4v) is 8.53. The Labute approximate surface area is 354 Å². The van der Waals surface area contributed by atoms with Crippen LogP contribution in [0.5, 0.6) is 5.88 Å². The van der Waals surface area contributed by atoms with Crippen molar-refractivity contribution in [3.05, 3.63) is 48.0 Å². The van der Waals surface area contributed by atoms with E-state index in [-0.39, 0.29) is 18.2 Å². The van der Waals surface area contributed by atoms with Gasteiger partial charge in [0.2, 0.25) is 11.5 Å². The summed E-state index contributed by atoms with van der Waals surface area (Å²) in [5.74, 6) is -0.373. The van der Waals surface area contributed by atoms with Crippen molar-refractivity contribution in [1.29, 1.82) is 10.5 Å². The summed E-state index contributed by atoms with van der Waals surface area (Å²) in [4.78, 5) is 19.3. The lowest BCUT2D eigenvalue weighted by atomic mass is 9.96. The molecule has 2 fully saturated rings. The lowest BCUT2D eigenvalue weighted by Gasteiger charge is -2.29. The van der Waals surface area contributed by atoms with E-state index in [9.17, 15) is 20.0 Å². The summed E-state index contributed by atoms with van der Waals surface area (Å²) >= 11 is 0. The second kappa shape index (κ2) is 23.5. The molecule has 0 spiro atoms. The van der Waals surface area contributed by atoms with Crippen LogP contribution in [0.25, 0.3) is 5.52 Å². The third-order valence-corrected chi connectivity index (χ3v) is 11.8. The van der Waals surface area contributed by atoms with Gasteiger partial charge in [-0.3, -0.25) is 9.05 Å². The maximum Gasteiger partial charge on any atom is 0.472 e. The summed E-state index contributed by atoms with van der Waals surface area (Å²) in [7, 11) is -3.08. The summed E-state index contributed by atoms with van der Waals surface area (Å²) in [5, 5.41) is 27.3. The van der Waals surface area contributed by atoms with E-state index < -0.39 is 56.8 Å². The third-order valence-electron chi connectivity index (χ3n) is 10.9. The SMILES string of the molecule is CCCCCCCCCCCCCCCCCCOC[C@H](COP(=O)(O)OC[C@@]1(C#N)O[C@@H](c2ccc3c(NC)ncnn23)[C@@H]2OC(C)(C)O[C@@H]21)Oc1cccc(C#N)n1. The van der Waals surface area contributed by atoms with E-state index in [1.54, 1.807) is 49.7 Å². The molecule has 6 atom stereocenters. The Kier molecular flexibility index (Phi) is 18.5. The monoisotopic (exact) mass is 853 g/mol. The van der Waals surface area contributed by atoms with Gasteiger partial charge in [-0.2, -0.15) is 15.6 Å².